The average molecular weight is 230 g/mol. The van der Waals surface area contributed by atoms with Gasteiger partial charge < -0.3 is 4.74 Å². The molecule has 17 heavy (non-hydrogen) atoms. The van der Waals surface area contributed by atoms with Crippen LogP contribution in [0.3, 0.4) is 0 Å². The summed E-state index contributed by atoms with van der Waals surface area (Å²) in [4.78, 5) is 0. The zero-order chi connectivity index (χ0) is 11.5. The predicted molar refractivity (Wildman–Crippen MR) is 66.9 cm³/mol. The van der Waals surface area contributed by atoms with Crippen molar-refractivity contribution in [3.05, 3.63) is 30.3 Å². The number of anilines is 1. The third-order valence-electron chi connectivity index (χ3n) is 3.23. The molecule has 0 N–H and O–H groups in total. The van der Waals surface area contributed by atoms with E-state index in [1.165, 1.54) is 0 Å². The maximum atomic E-state index is 5.69. The summed E-state index contributed by atoms with van der Waals surface area (Å²) in [5.74, 6) is 1.35. The summed E-state index contributed by atoms with van der Waals surface area (Å²) in [5, 5.41) is 10.8. The zero-order valence-electron chi connectivity index (χ0n) is 9.75. The van der Waals surface area contributed by atoms with Gasteiger partial charge >= 0.3 is 0 Å². The van der Waals surface area contributed by atoms with E-state index >= 15 is 0 Å². The minimum absolute atomic E-state index is 0.459. The summed E-state index contributed by atoms with van der Waals surface area (Å²) in [6.45, 7) is 2.42. The van der Waals surface area contributed by atoms with E-state index in [4.69, 9.17) is 4.74 Å². The fourth-order valence-electron chi connectivity index (χ4n) is 2.23. The Hall–Kier alpha value is -1.55. The second-order valence-electron chi connectivity index (χ2n) is 4.39. The van der Waals surface area contributed by atoms with Crippen LogP contribution in [-0.2, 0) is 4.74 Å². The lowest BCUT2D eigenvalue weighted by Crippen LogP contribution is -2.27. The molecule has 2 aliphatic rings. The number of piperidine rings is 1. The lowest BCUT2D eigenvalue weighted by Gasteiger charge is -2.19. The molecule has 0 amide bonds. The summed E-state index contributed by atoms with van der Waals surface area (Å²) in [6, 6.07) is 10.1. The van der Waals surface area contributed by atoms with Crippen LogP contribution < -0.4 is 10.3 Å². The first kappa shape index (κ1) is 10.6. The highest BCUT2D eigenvalue weighted by Crippen LogP contribution is 2.23. The molecular weight excluding hydrogens is 214 g/mol. The van der Waals surface area contributed by atoms with Crippen molar-refractivity contribution in [2.24, 2.45) is 11.0 Å². The molecule has 1 fully saturated rings. The van der Waals surface area contributed by atoms with E-state index < -0.39 is 0 Å². The van der Waals surface area contributed by atoms with E-state index in [9.17, 15) is 0 Å². The summed E-state index contributed by atoms with van der Waals surface area (Å²) in [6.07, 6.45) is 2.14. The highest BCUT2D eigenvalue weighted by Gasteiger charge is 2.26. The summed E-state index contributed by atoms with van der Waals surface area (Å²) >= 11 is 0. The topological polar surface area (TPSA) is 38.9 Å². The number of para-hydroxylation sites is 1. The van der Waals surface area contributed by atoms with E-state index in [0.29, 0.717) is 12.6 Å². The molecule has 4 nitrogen and oxygen atoms in total. The van der Waals surface area contributed by atoms with Gasteiger partial charge in [-0.1, -0.05) is 18.2 Å². The van der Waals surface area contributed by atoms with Crippen molar-refractivity contribution >= 4 is 11.6 Å². The molecule has 2 aliphatic heterocycles. The Morgan fingerprint density at radius 3 is 2.65 bits per heavy atom. The van der Waals surface area contributed by atoms with Gasteiger partial charge in [-0.05, 0) is 25.0 Å². The molecule has 0 bridgehead atoms. The van der Waals surface area contributed by atoms with Crippen molar-refractivity contribution in [1.82, 2.24) is 5.32 Å². The monoisotopic (exact) mass is 230 g/mol. The quantitative estimate of drug-likeness (QED) is 0.777. The van der Waals surface area contributed by atoms with Gasteiger partial charge in [0.15, 0.2) is 6.73 Å². The van der Waals surface area contributed by atoms with Crippen LogP contribution in [0.4, 0.5) is 5.69 Å². The molecule has 1 radical (unpaired) electrons. The minimum atomic E-state index is 0.459. The molecule has 1 saturated heterocycles. The number of hydrogen-bond donors (Lipinski definition) is 0. The largest absolute Gasteiger partial charge is 0.456 e. The van der Waals surface area contributed by atoms with Gasteiger partial charge in [-0.3, -0.25) is 0 Å². The number of ether oxygens (including phenoxy) is 1. The molecule has 0 atom stereocenters. The maximum Gasteiger partial charge on any atom is 0.211 e. The number of benzene rings is 1. The van der Waals surface area contributed by atoms with Crippen molar-refractivity contribution in [1.29, 1.82) is 0 Å². The first-order valence-electron chi connectivity index (χ1n) is 6.10. The van der Waals surface area contributed by atoms with Crippen molar-refractivity contribution < 1.29 is 4.74 Å². The van der Waals surface area contributed by atoms with Crippen LogP contribution in [0.1, 0.15) is 12.8 Å². The van der Waals surface area contributed by atoms with Crippen molar-refractivity contribution in [2.75, 3.05) is 24.8 Å². The van der Waals surface area contributed by atoms with Gasteiger partial charge in [0.2, 0.25) is 5.90 Å². The Kier molecular flexibility index (Phi) is 2.96. The normalized spacial score (nSPS) is 21.2. The van der Waals surface area contributed by atoms with Crippen LogP contribution in [0.2, 0.25) is 0 Å². The zero-order valence-corrected chi connectivity index (χ0v) is 9.75. The predicted octanol–water partition coefficient (Wildman–Crippen LogP) is 1.81. The SMILES string of the molecule is c1ccc(N2COC(C3CC[N]CC3)=N2)cc1. The Balaban J connectivity index is 1.72. The van der Waals surface area contributed by atoms with Crippen molar-refractivity contribution in [2.45, 2.75) is 12.8 Å². The first-order valence-corrected chi connectivity index (χ1v) is 6.10. The second kappa shape index (κ2) is 4.75. The van der Waals surface area contributed by atoms with E-state index in [-0.39, 0.29) is 0 Å². The molecular formula is C13H16N3O. The molecule has 1 aromatic carbocycles. The minimum Gasteiger partial charge on any atom is -0.456 e. The van der Waals surface area contributed by atoms with Crippen molar-refractivity contribution in [3.63, 3.8) is 0 Å². The van der Waals surface area contributed by atoms with Gasteiger partial charge in [0.25, 0.3) is 0 Å². The lowest BCUT2D eigenvalue weighted by molar-refractivity contribution is 0.296. The molecule has 1 aromatic rings. The van der Waals surface area contributed by atoms with Gasteiger partial charge in [0, 0.05) is 19.0 Å². The van der Waals surface area contributed by atoms with Crippen LogP contribution in [0.15, 0.2) is 35.4 Å². The molecule has 0 aromatic heterocycles. The summed E-state index contributed by atoms with van der Waals surface area (Å²) in [7, 11) is 0. The van der Waals surface area contributed by atoms with Crippen LogP contribution in [0, 0.1) is 5.92 Å². The second-order valence-corrected chi connectivity index (χ2v) is 4.39. The van der Waals surface area contributed by atoms with Gasteiger partial charge in [0.05, 0.1) is 5.69 Å². The van der Waals surface area contributed by atoms with Gasteiger partial charge in [-0.25, -0.2) is 10.3 Å². The van der Waals surface area contributed by atoms with Crippen LogP contribution >= 0.6 is 0 Å². The Bertz CT molecular complexity index is 398. The van der Waals surface area contributed by atoms with Gasteiger partial charge in [0.1, 0.15) is 0 Å². The highest BCUT2D eigenvalue weighted by molar-refractivity contribution is 5.81. The number of hydrogen-bond acceptors (Lipinski definition) is 3. The Labute approximate surface area is 101 Å². The maximum absolute atomic E-state index is 5.69. The lowest BCUT2D eigenvalue weighted by atomic mass is 9.98. The molecule has 3 rings (SSSR count). The smallest absolute Gasteiger partial charge is 0.211 e. The Morgan fingerprint density at radius 1 is 1.12 bits per heavy atom. The number of nitrogens with zero attached hydrogens (tertiary/aromatic N) is 3. The summed E-state index contributed by atoms with van der Waals surface area (Å²) < 4.78 is 5.69. The van der Waals surface area contributed by atoms with Crippen molar-refractivity contribution in [3.8, 4) is 0 Å². The van der Waals surface area contributed by atoms with Crippen LogP contribution in [0.25, 0.3) is 0 Å². The molecule has 2 heterocycles. The van der Waals surface area contributed by atoms with E-state index in [0.717, 1.165) is 37.5 Å². The summed E-state index contributed by atoms with van der Waals surface area (Å²) in [5.41, 5.74) is 1.09. The molecule has 4 heteroatoms. The van der Waals surface area contributed by atoms with E-state index in [1.807, 2.05) is 35.3 Å². The van der Waals surface area contributed by atoms with E-state index in [2.05, 4.69) is 10.4 Å². The van der Waals surface area contributed by atoms with Gasteiger partial charge in [-0.15, -0.1) is 5.10 Å². The molecule has 89 valence electrons. The van der Waals surface area contributed by atoms with Crippen LogP contribution in [0.5, 0.6) is 0 Å². The third kappa shape index (κ3) is 2.26. The fraction of sp³-hybridized carbons (Fsp3) is 0.462. The van der Waals surface area contributed by atoms with Crippen LogP contribution in [-0.4, -0.2) is 25.7 Å². The number of rotatable bonds is 2. The molecule has 0 saturated carbocycles. The molecule has 0 unspecified atom stereocenters. The molecule has 0 aliphatic carbocycles. The molecule has 0 spiro atoms. The highest BCUT2D eigenvalue weighted by atomic mass is 16.5. The third-order valence-corrected chi connectivity index (χ3v) is 3.23. The Morgan fingerprint density at radius 2 is 1.88 bits per heavy atom. The fourth-order valence-corrected chi connectivity index (χ4v) is 2.23. The average Bonchev–Trinajstić information content (AvgIpc) is 2.90. The standard InChI is InChI=1S/C13H16N3O/c1-2-4-12(5-3-1)16-10-17-13(15-16)11-6-8-14-9-7-11/h1-5,11H,6-10H2. The first-order chi connectivity index (χ1) is 8.43. The van der Waals surface area contributed by atoms with E-state index in [1.54, 1.807) is 0 Å². The number of hydrazone groups is 1. The van der Waals surface area contributed by atoms with Gasteiger partial charge in [-0.2, -0.15) is 0 Å².